The molecule has 3 aromatic carbocycles. The predicted octanol–water partition coefficient (Wildman–Crippen LogP) is 4.95. The van der Waals surface area contributed by atoms with Gasteiger partial charge in [0.05, 0.1) is 28.7 Å². The van der Waals surface area contributed by atoms with Crippen LogP contribution in [0.4, 0.5) is 17.3 Å². The lowest BCUT2D eigenvalue weighted by Gasteiger charge is -2.15. The average molecular weight is 485 g/mol. The number of hydrogen-bond donors (Lipinski definition) is 2. The summed E-state index contributed by atoms with van der Waals surface area (Å²) in [6.07, 6.45) is 0. The van der Waals surface area contributed by atoms with Gasteiger partial charge in [-0.25, -0.2) is 18.4 Å². The van der Waals surface area contributed by atoms with Crippen LogP contribution >= 0.6 is 15.9 Å². The molecule has 0 aliphatic carbocycles. The molecule has 7 nitrogen and oxygen atoms in total. The lowest BCUT2D eigenvalue weighted by molar-refractivity contribution is 0.417. The predicted molar refractivity (Wildman–Crippen MR) is 121 cm³/mol. The third-order valence-corrected chi connectivity index (χ3v) is 6.17. The highest BCUT2D eigenvalue weighted by atomic mass is 79.9. The van der Waals surface area contributed by atoms with Gasteiger partial charge in [-0.1, -0.05) is 40.2 Å². The van der Waals surface area contributed by atoms with Crippen LogP contribution in [0, 0.1) is 0 Å². The molecule has 1 aromatic heterocycles. The molecular weight excluding hydrogens is 468 g/mol. The van der Waals surface area contributed by atoms with E-state index < -0.39 is 10.0 Å². The van der Waals surface area contributed by atoms with Crippen LogP contribution in [0.15, 0.2) is 82.2 Å². The van der Waals surface area contributed by atoms with E-state index in [1.807, 2.05) is 36.4 Å². The Hall–Kier alpha value is -3.17. The molecule has 0 bridgehead atoms. The molecule has 0 fully saturated rings. The first kappa shape index (κ1) is 20.1. The molecule has 0 saturated carbocycles. The topological polar surface area (TPSA) is 93.2 Å². The molecule has 0 radical (unpaired) electrons. The van der Waals surface area contributed by atoms with Crippen molar-refractivity contribution in [3.8, 4) is 5.75 Å². The van der Waals surface area contributed by atoms with Crippen molar-refractivity contribution in [3.05, 3.63) is 77.3 Å². The minimum absolute atomic E-state index is 0.0857. The second kappa shape index (κ2) is 8.29. The number of sulfonamides is 1. The van der Waals surface area contributed by atoms with Gasteiger partial charge in [0.1, 0.15) is 5.75 Å². The second-order valence-electron chi connectivity index (χ2n) is 6.29. The van der Waals surface area contributed by atoms with E-state index in [0.29, 0.717) is 22.5 Å². The molecule has 0 spiro atoms. The maximum absolute atomic E-state index is 12.9. The molecule has 0 aliphatic heterocycles. The van der Waals surface area contributed by atoms with Crippen molar-refractivity contribution in [2.24, 2.45) is 0 Å². The standard InChI is InChI=1S/C21H17BrN4O3S/c1-29-19-9-5-4-8-18(19)25-20-21(24-17-7-3-2-6-16(17)23-20)26-30(27,28)15-12-10-14(22)11-13-15/h2-13H,1H3,(H,23,25)(H,24,26). The van der Waals surface area contributed by atoms with E-state index in [1.165, 1.54) is 12.1 Å². The fourth-order valence-corrected chi connectivity index (χ4v) is 4.11. The Labute approximate surface area is 182 Å². The van der Waals surface area contributed by atoms with Crippen LogP contribution in [0.2, 0.25) is 0 Å². The fraction of sp³-hybridized carbons (Fsp3) is 0.0476. The Bertz CT molecular complexity index is 1310. The number of rotatable bonds is 6. The van der Waals surface area contributed by atoms with Gasteiger partial charge in [-0.3, -0.25) is 4.72 Å². The molecule has 0 unspecified atom stereocenters. The molecule has 0 atom stereocenters. The van der Waals surface area contributed by atoms with E-state index >= 15 is 0 Å². The second-order valence-corrected chi connectivity index (χ2v) is 8.89. The zero-order valence-electron chi connectivity index (χ0n) is 15.8. The third kappa shape index (κ3) is 4.22. The van der Waals surface area contributed by atoms with Gasteiger partial charge in [-0.15, -0.1) is 0 Å². The van der Waals surface area contributed by atoms with Crippen LogP contribution in [0.25, 0.3) is 11.0 Å². The van der Waals surface area contributed by atoms with E-state index in [0.717, 1.165) is 4.47 Å². The number of nitrogens with one attached hydrogen (secondary N) is 2. The number of anilines is 3. The number of halogens is 1. The van der Waals surface area contributed by atoms with Gasteiger partial charge in [-0.05, 0) is 48.5 Å². The molecular formula is C21H17BrN4O3S. The highest BCUT2D eigenvalue weighted by molar-refractivity contribution is 9.10. The Balaban J connectivity index is 1.79. The van der Waals surface area contributed by atoms with Crippen LogP contribution < -0.4 is 14.8 Å². The Morgan fingerprint density at radius 2 is 1.43 bits per heavy atom. The van der Waals surface area contributed by atoms with Crippen molar-refractivity contribution in [2.75, 3.05) is 17.1 Å². The van der Waals surface area contributed by atoms with Crippen molar-refractivity contribution in [3.63, 3.8) is 0 Å². The first-order valence-corrected chi connectivity index (χ1v) is 11.2. The average Bonchev–Trinajstić information content (AvgIpc) is 2.74. The van der Waals surface area contributed by atoms with E-state index in [2.05, 4.69) is 35.9 Å². The highest BCUT2D eigenvalue weighted by Crippen LogP contribution is 2.31. The normalized spacial score (nSPS) is 11.3. The summed E-state index contributed by atoms with van der Waals surface area (Å²) >= 11 is 3.31. The Morgan fingerprint density at radius 1 is 0.833 bits per heavy atom. The zero-order valence-corrected chi connectivity index (χ0v) is 18.2. The molecule has 2 N–H and O–H groups in total. The molecule has 30 heavy (non-hydrogen) atoms. The highest BCUT2D eigenvalue weighted by Gasteiger charge is 2.19. The lowest BCUT2D eigenvalue weighted by atomic mass is 10.3. The molecule has 9 heteroatoms. The van der Waals surface area contributed by atoms with Crippen molar-refractivity contribution >= 4 is 54.3 Å². The number of fused-ring (bicyclic) bond motifs is 1. The molecule has 4 aromatic rings. The minimum Gasteiger partial charge on any atom is -0.495 e. The van der Waals surface area contributed by atoms with Crippen LogP contribution in [0.3, 0.4) is 0 Å². The smallest absolute Gasteiger partial charge is 0.263 e. The molecule has 0 aliphatic rings. The Morgan fingerprint density at radius 3 is 2.10 bits per heavy atom. The van der Waals surface area contributed by atoms with Crippen LogP contribution in [0.1, 0.15) is 0 Å². The van der Waals surface area contributed by atoms with Crippen molar-refractivity contribution < 1.29 is 13.2 Å². The Kier molecular flexibility index (Phi) is 5.56. The van der Waals surface area contributed by atoms with Gasteiger partial charge < -0.3 is 10.1 Å². The van der Waals surface area contributed by atoms with E-state index in [1.54, 1.807) is 31.4 Å². The zero-order chi connectivity index (χ0) is 21.1. The summed E-state index contributed by atoms with van der Waals surface area (Å²) in [5.74, 6) is 0.940. The molecule has 0 amide bonds. The number of benzene rings is 3. The van der Waals surface area contributed by atoms with Gasteiger partial charge in [0, 0.05) is 4.47 Å². The molecule has 152 valence electrons. The fourth-order valence-electron chi connectivity index (χ4n) is 2.83. The maximum atomic E-state index is 12.9. The van der Waals surface area contributed by atoms with Crippen LogP contribution in [-0.2, 0) is 10.0 Å². The van der Waals surface area contributed by atoms with E-state index in [4.69, 9.17) is 4.74 Å². The van der Waals surface area contributed by atoms with Gasteiger partial charge in [-0.2, -0.15) is 0 Å². The van der Waals surface area contributed by atoms with E-state index in [9.17, 15) is 8.42 Å². The first-order chi connectivity index (χ1) is 14.5. The summed E-state index contributed by atoms with van der Waals surface area (Å²) in [7, 11) is -2.31. The summed E-state index contributed by atoms with van der Waals surface area (Å²) in [5, 5.41) is 3.13. The third-order valence-electron chi connectivity index (χ3n) is 4.29. The van der Waals surface area contributed by atoms with Crippen LogP contribution in [-0.4, -0.2) is 25.5 Å². The monoisotopic (exact) mass is 484 g/mol. The quantitative estimate of drug-likeness (QED) is 0.402. The van der Waals surface area contributed by atoms with Crippen molar-refractivity contribution in [1.82, 2.24) is 9.97 Å². The summed E-state index contributed by atoms with van der Waals surface area (Å²) < 4.78 is 34.6. The number of aromatic nitrogens is 2. The van der Waals surface area contributed by atoms with Gasteiger partial charge in [0.15, 0.2) is 11.6 Å². The van der Waals surface area contributed by atoms with Gasteiger partial charge in [0.2, 0.25) is 0 Å². The number of ether oxygens (including phenoxy) is 1. The molecule has 0 saturated heterocycles. The number of para-hydroxylation sites is 4. The molecule has 4 rings (SSSR count). The van der Waals surface area contributed by atoms with Crippen molar-refractivity contribution in [2.45, 2.75) is 4.90 Å². The summed E-state index contributed by atoms with van der Waals surface area (Å²) in [6.45, 7) is 0. The number of nitrogens with zero attached hydrogens (tertiary/aromatic N) is 2. The maximum Gasteiger partial charge on any atom is 0.263 e. The first-order valence-electron chi connectivity index (χ1n) is 8.91. The largest absolute Gasteiger partial charge is 0.495 e. The summed E-state index contributed by atoms with van der Waals surface area (Å²) in [4.78, 5) is 9.18. The SMILES string of the molecule is COc1ccccc1Nc1nc2ccccc2nc1NS(=O)(=O)c1ccc(Br)cc1. The van der Waals surface area contributed by atoms with Crippen molar-refractivity contribution in [1.29, 1.82) is 0 Å². The summed E-state index contributed by atoms with van der Waals surface area (Å²) in [5.41, 5.74) is 1.83. The lowest BCUT2D eigenvalue weighted by Crippen LogP contribution is -2.16. The summed E-state index contributed by atoms with van der Waals surface area (Å²) in [6, 6.07) is 20.9. The van der Waals surface area contributed by atoms with Gasteiger partial charge >= 0.3 is 0 Å². The number of hydrogen-bond acceptors (Lipinski definition) is 6. The van der Waals surface area contributed by atoms with Gasteiger partial charge in [0.25, 0.3) is 10.0 Å². The van der Waals surface area contributed by atoms with E-state index in [-0.39, 0.29) is 16.5 Å². The minimum atomic E-state index is -3.87. The van der Waals surface area contributed by atoms with Crippen LogP contribution in [0.5, 0.6) is 5.75 Å². The molecule has 1 heterocycles. The number of methoxy groups -OCH3 is 1.